The van der Waals surface area contributed by atoms with E-state index in [2.05, 4.69) is 74.3 Å². The third-order valence-electron chi connectivity index (χ3n) is 4.57. The smallest absolute Gasteiger partial charge is 0.129 e. The lowest BCUT2D eigenvalue weighted by Crippen LogP contribution is -1.91. The second-order valence-electron chi connectivity index (χ2n) is 6.05. The molecule has 0 aromatic heterocycles. The van der Waals surface area contributed by atoms with Crippen LogP contribution < -0.4 is 9.47 Å². The first-order valence-corrected chi connectivity index (χ1v) is 9.73. The van der Waals surface area contributed by atoms with Gasteiger partial charge in [-0.3, -0.25) is 0 Å². The molecule has 0 N–H and O–H groups in total. The van der Waals surface area contributed by atoms with E-state index < -0.39 is 0 Å². The summed E-state index contributed by atoms with van der Waals surface area (Å²) in [4.78, 5) is 0. The summed E-state index contributed by atoms with van der Waals surface area (Å²) in [6, 6.07) is 18.7. The highest BCUT2D eigenvalue weighted by Gasteiger charge is 2.24. The van der Waals surface area contributed by atoms with Crippen molar-refractivity contribution in [2.75, 3.05) is 14.2 Å². The standard InChI is InChI=1S/C22H16Br2O2/c1-25-16-6-3-13(22(12-16)26-2)9-19-20-10-14(23)4-7-17(20)18-8-5-15(24)11-21(18)19/h3-12H,1-2H3. The summed E-state index contributed by atoms with van der Waals surface area (Å²) in [6.45, 7) is 0. The highest BCUT2D eigenvalue weighted by Crippen LogP contribution is 2.47. The van der Waals surface area contributed by atoms with E-state index in [9.17, 15) is 0 Å². The van der Waals surface area contributed by atoms with E-state index in [1.54, 1.807) is 14.2 Å². The second-order valence-corrected chi connectivity index (χ2v) is 7.88. The fourth-order valence-electron chi connectivity index (χ4n) is 3.34. The second kappa shape index (κ2) is 6.93. The van der Waals surface area contributed by atoms with Gasteiger partial charge in [0.1, 0.15) is 11.5 Å². The van der Waals surface area contributed by atoms with Gasteiger partial charge in [0.05, 0.1) is 14.2 Å². The molecule has 0 unspecified atom stereocenters. The van der Waals surface area contributed by atoms with E-state index in [0.29, 0.717) is 0 Å². The predicted octanol–water partition coefficient (Wildman–Crippen LogP) is 6.80. The molecule has 1 aliphatic rings. The van der Waals surface area contributed by atoms with Gasteiger partial charge < -0.3 is 9.47 Å². The minimum absolute atomic E-state index is 0.779. The zero-order valence-electron chi connectivity index (χ0n) is 14.3. The Morgan fingerprint density at radius 1 is 0.692 bits per heavy atom. The highest BCUT2D eigenvalue weighted by molar-refractivity contribution is 9.10. The van der Waals surface area contributed by atoms with E-state index in [1.165, 1.54) is 27.8 Å². The lowest BCUT2D eigenvalue weighted by atomic mass is 10.0. The van der Waals surface area contributed by atoms with E-state index in [4.69, 9.17) is 9.47 Å². The first kappa shape index (κ1) is 17.4. The molecule has 0 heterocycles. The van der Waals surface area contributed by atoms with Gasteiger partial charge in [-0.05, 0) is 70.3 Å². The minimum Gasteiger partial charge on any atom is -0.497 e. The first-order valence-electron chi connectivity index (χ1n) is 8.14. The maximum Gasteiger partial charge on any atom is 0.129 e. The zero-order valence-corrected chi connectivity index (χ0v) is 17.5. The van der Waals surface area contributed by atoms with Crippen LogP contribution in [0.15, 0.2) is 63.5 Å². The van der Waals surface area contributed by atoms with Crippen molar-refractivity contribution in [1.82, 2.24) is 0 Å². The molecule has 3 aromatic rings. The van der Waals surface area contributed by atoms with Gasteiger partial charge in [0.25, 0.3) is 0 Å². The highest BCUT2D eigenvalue weighted by atomic mass is 79.9. The molecule has 130 valence electrons. The van der Waals surface area contributed by atoms with Crippen molar-refractivity contribution in [3.63, 3.8) is 0 Å². The average Bonchev–Trinajstić information content (AvgIpc) is 2.94. The number of halogens is 2. The molecule has 0 saturated carbocycles. The maximum absolute atomic E-state index is 5.58. The van der Waals surface area contributed by atoms with E-state index in [0.717, 1.165) is 26.0 Å². The van der Waals surface area contributed by atoms with Gasteiger partial charge >= 0.3 is 0 Å². The summed E-state index contributed by atoms with van der Waals surface area (Å²) >= 11 is 7.21. The monoisotopic (exact) mass is 470 g/mol. The molecule has 4 rings (SSSR count). The molecule has 0 bridgehead atoms. The Labute approximate surface area is 169 Å². The molecule has 4 heteroatoms. The van der Waals surface area contributed by atoms with Crippen LogP contribution in [0.3, 0.4) is 0 Å². The van der Waals surface area contributed by atoms with E-state index in [1.807, 2.05) is 18.2 Å². The van der Waals surface area contributed by atoms with Crippen LogP contribution >= 0.6 is 31.9 Å². The van der Waals surface area contributed by atoms with Crippen LogP contribution in [0.1, 0.15) is 16.7 Å². The Hall–Kier alpha value is -2.04. The van der Waals surface area contributed by atoms with Gasteiger partial charge in [0.2, 0.25) is 0 Å². The number of fused-ring (bicyclic) bond motifs is 3. The van der Waals surface area contributed by atoms with Crippen LogP contribution in [0.25, 0.3) is 22.8 Å². The number of methoxy groups -OCH3 is 2. The molecular weight excluding hydrogens is 456 g/mol. The number of rotatable bonds is 3. The third-order valence-corrected chi connectivity index (χ3v) is 5.56. The molecule has 3 aromatic carbocycles. The molecule has 0 atom stereocenters. The van der Waals surface area contributed by atoms with Crippen molar-refractivity contribution in [3.05, 3.63) is 80.2 Å². The Morgan fingerprint density at radius 3 is 1.85 bits per heavy atom. The topological polar surface area (TPSA) is 18.5 Å². The lowest BCUT2D eigenvalue weighted by Gasteiger charge is -2.10. The summed E-state index contributed by atoms with van der Waals surface area (Å²) in [5, 5.41) is 0. The Balaban J connectivity index is 1.96. The van der Waals surface area contributed by atoms with Gasteiger partial charge in [0, 0.05) is 20.6 Å². The fourth-order valence-corrected chi connectivity index (χ4v) is 4.06. The summed E-state index contributed by atoms with van der Waals surface area (Å²) in [5.41, 5.74) is 7.11. The normalized spacial score (nSPS) is 11.8. The molecule has 0 aliphatic heterocycles. The van der Waals surface area contributed by atoms with Gasteiger partial charge in [-0.15, -0.1) is 0 Å². The van der Waals surface area contributed by atoms with Gasteiger partial charge in [-0.1, -0.05) is 44.0 Å². The molecule has 2 nitrogen and oxygen atoms in total. The molecule has 0 spiro atoms. The van der Waals surface area contributed by atoms with Gasteiger partial charge in [-0.2, -0.15) is 0 Å². The van der Waals surface area contributed by atoms with Crippen molar-refractivity contribution in [2.24, 2.45) is 0 Å². The molecule has 26 heavy (non-hydrogen) atoms. The lowest BCUT2D eigenvalue weighted by molar-refractivity contribution is 0.394. The number of ether oxygens (including phenoxy) is 2. The number of hydrogen-bond acceptors (Lipinski definition) is 2. The Kier molecular flexibility index (Phi) is 4.63. The molecular formula is C22H16Br2O2. The fraction of sp³-hybridized carbons (Fsp3) is 0.0909. The van der Waals surface area contributed by atoms with Crippen LogP contribution in [0.2, 0.25) is 0 Å². The Bertz CT molecular complexity index is 985. The van der Waals surface area contributed by atoms with Crippen molar-refractivity contribution >= 4 is 43.5 Å². The Morgan fingerprint density at radius 2 is 1.31 bits per heavy atom. The van der Waals surface area contributed by atoms with Gasteiger partial charge in [-0.25, -0.2) is 0 Å². The largest absolute Gasteiger partial charge is 0.497 e. The summed E-state index contributed by atoms with van der Waals surface area (Å²) in [5.74, 6) is 1.57. The SMILES string of the molecule is COc1ccc(C=C2c3cc(Br)ccc3-c3ccc(Br)cc32)c(OC)c1. The van der Waals surface area contributed by atoms with Gasteiger partial charge in [0.15, 0.2) is 0 Å². The first-order chi connectivity index (χ1) is 12.6. The quantitative estimate of drug-likeness (QED) is 0.327. The zero-order chi connectivity index (χ0) is 18.3. The molecule has 0 fully saturated rings. The van der Waals surface area contributed by atoms with Crippen LogP contribution in [-0.4, -0.2) is 14.2 Å². The van der Waals surface area contributed by atoms with Crippen LogP contribution in [-0.2, 0) is 0 Å². The van der Waals surface area contributed by atoms with Crippen molar-refractivity contribution in [2.45, 2.75) is 0 Å². The van der Waals surface area contributed by atoms with Crippen molar-refractivity contribution in [3.8, 4) is 22.6 Å². The molecule has 0 radical (unpaired) electrons. The van der Waals surface area contributed by atoms with Crippen molar-refractivity contribution in [1.29, 1.82) is 0 Å². The summed E-state index contributed by atoms with van der Waals surface area (Å²) in [7, 11) is 3.34. The van der Waals surface area contributed by atoms with Crippen LogP contribution in [0, 0.1) is 0 Å². The summed E-state index contributed by atoms with van der Waals surface area (Å²) in [6.07, 6.45) is 2.18. The average molecular weight is 472 g/mol. The van der Waals surface area contributed by atoms with E-state index >= 15 is 0 Å². The summed E-state index contributed by atoms with van der Waals surface area (Å²) < 4.78 is 13.0. The van der Waals surface area contributed by atoms with Crippen LogP contribution in [0.4, 0.5) is 0 Å². The van der Waals surface area contributed by atoms with E-state index in [-0.39, 0.29) is 0 Å². The number of benzene rings is 3. The molecule has 0 saturated heterocycles. The predicted molar refractivity (Wildman–Crippen MR) is 114 cm³/mol. The number of hydrogen-bond donors (Lipinski definition) is 0. The van der Waals surface area contributed by atoms with Crippen LogP contribution in [0.5, 0.6) is 11.5 Å². The minimum atomic E-state index is 0.779. The third kappa shape index (κ3) is 2.97. The molecule has 0 amide bonds. The molecule has 1 aliphatic carbocycles. The van der Waals surface area contributed by atoms with Crippen molar-refractivity contribution < 1.29 is 9.47 Å². The maximum atomic E-state index is 5.58.